The van der Waals surface area contributed by atoms with Crippen molar-refractivity contribution < 1.29 is 9.53 Å². The van der Waals surface area contributed by atoms with Gasteiger partial charge in [0.15, 0.2) is 5.69 Å². The molecule has 0 spiro atoms. The lowest BCUT2D eigenvalue weighted by atomic mass is 9.96. The molecule has 0 unspecified atom stereocenters. The molecular formula is C24H26ClN3O2. The zero-order valence-electron chi connectivity index (χ0n) is 16.9. The van der Waals surface area contributed by atoms with Crippen molar-refractivity contribution in [3.63, 3.8) is 0 Å². The summed E-state index contributed by atoms with van der Waals surface area (Å²) in [5.41, 5.74) is 3.89. The van der Waals surface area contributed by atoms with Gasteiger partial charge in [-0.3, -0.25) is 0 Å². The van der Waals surface area contributed by atoms with Crippen molar-refractivity contribution in [2.24, 2.45) is 0 Å². The summed E-state index contributed by atoms with van der Waals surface area (Å²) in [5, 5.41) is 3.77. The number of amides is 1. The lowest BCUT2D eigenvalue weighted by molar-refractivity contribution is 0.0729. The van der Waals surface area contributed by atoms with Crippen molar-refractivity contribution in [2.45, 2.75) is 57.2 Å². The van der Waals surface area contributed by atoms with Gasteiger partial charge in [-0.25, -0.2) is 9.64 Å². The maximum atomic E-state index is 12.5. The molecule has 0 bridgehead atoms. The van der Waals surface area contributed by atoms with Crippen LogP contribution >= 0.6 is 11.6 Å². The van der Waals surface area contributed by atoms with Gasteiger partial charge in [0, 0.05) is 23.8 Å². The molecule has 1 aliphatic carbocycles. The minimum absolute atomic E-state index is 0.0332. The first kappa shape index (κ1) is 20.6. The number of halogens is 1. The van der Waals surface area contributed by atoms with Crippen molar-refractivity contribution in [1.29, 1.82) is 0 Å². The number of hydrogen-bond donors (Lipinski definition) is 1. The van der Waals surface area contributed by atoms with Gasteiger partial charge in [0.1, 0.15) is 6.10 Å². The van der Waals surface area contributed by atoms with Crippen molar-refractivity contribution >= 4 is 29.1 Å². The zero-order valence-corrected chi connectivity index (χ0v) is 17.7. The first-order valence-electron chi connectivity index (χ1n) is 10.6. The lowest BCUT2D eigenvalue weighted by Gasteiger charge is -2.37. The minimum atomic E-state index is -0.334. The van der Waals surface area contributed by atoms with Crippen LogP contribution in [0.25, 0.3) is 4.85 Å². The van der Waals surface area contributed by atoms with Gasteiger partial charge in [-0.15, -0.1) is 0 Å². The number of alkyl carbamates (subject to hydrolysis) is 1. The quantitative estimate of drug-likeness (QED) is 0.624. The Morgan fingerprint density at radius 1 is 1.20 bits per heavy atom. The Morgan fingerprint density at radius 3 is 2.80 bits per heavy atom. The number of fused-ring (bicyclic) bond motifs is 1. The highest BCUT2D eigenvalue weighted by molar-refractivity contribution is 6.30. The fraction of sp³-hybridized carbons (Fsp3) is 0.417. The lowest BCUT2D eigenvalue weighted by Crippen LogP contribution is -2.48. The first-order chi connectivity index (χ1) is 14.6. The second kappa shape index (κ2) is 9.40. The molecule has 4 rings (SSSR count). The Bertz CT molecular complexity index is 950. The molecule has 2 aliphatic rings. The molecule has 6 heteroatoms. The number of benzene rings is 2. The monoisotopic (exact) mass is 423 g/mol. The van der Waals surface area contributed by atoms with Crippen molar-refractivity contribution in [2.75, 3.05) is 11.4 Å². The highest BCUT2D eigenvalue weighted by Gasteiger charge is 2.27. The van der Waals surface area contributed by atoms with Crippen molar-refractivity contribution in [1.82, 2.24) is 5.32 Å². The standard InChI is InChI=1S/C24H26ClN3O2/c1-26-20-10-11-23-18(13-20)14-21(27-24(29)30-22-8-3-2-4-9-22)16-28(23)15-17-6-5-7-19(25)12-17/h5-7,10-13,21-22H,2-4,8-9,14-16H2,(H,27,29)/t21-/m0/s1. The minimum Gasteiger partial charge on any atom is -0.446 e. The zero-order chi connectivity index (χ0) is 20.9. The third-order valence-electron chi connectivity index (χ3n) is 5.85. The molecule has 0 saturated heterocycles. The van der Waals surface area contributed by atoms with E-state index in [1.165, 1.54) is 6.42 Å². The van der Waals surface area contributed by atoms with Crippen LogP contribution in [0.2, 0.25) is 5.02 Å². The van der Waals surface area contributed by atoms with Gasteiger partial charge in [0.05, 0.1) is 12.6 Å². The number of carbonyl (C=O) groups is 1. The Labute approximate surface area is 182 Å². The number of nitrogens with zero attached hydrogens (tertiary/aromatic N) is 2. The summed E-state index contributed by atoms with van der Waals surface area (Å²) < 4.78 is 5.66. The predicted octanol–water partition coefficient (Wildman–Crippen LogP) is 5.88. The summed E-state index contributed by atoms with van der Waals surface area (Å²) in [7, 11) is 0. The fourth-order valence-corrected chi connectivity index (χ4v) is 4.66. The molecule has 1 heterocycles. The molecule has 0 aromatic heterocycles. The molecule has 0 radical (unpaired) electrons. The van der Waals surface area contributed by atoms with Crippen LogP contribution in [-0.4, -0.2) is 24.8 Å². The van der Waals surface area contributed by atoms with E-state index in [9.17, 15) is 4.79 Å². The van der Waals surface area contributed by atoms with Gasteiger partial charge in [-0.1, -0.05) is 42.3 Å². The van der Waals surface area contributed by atoms with Gasteiger partial charge in [-0.05, 0) is 61.4 Å². The maximum absolute atomic E-state index is 12.5. The normalized spacial score (nSPS) is 18.9. The van der Waals surface area contributed by atoms with Crippen LogP contribution < -0.4 is 10.2 Å². The first-order valence-corrected chi connectivity index (χ1v) is 11.0. The SMILES string of the molecule is [C-]#[N+]c1ccc2c(c1)C[C@H](NC(=O)OC1CCCCC1)CN2Cc1cccc(Cl)c1. The van der Waals surface area contributed by atoms with E-state index in [4.69, 9.17) is 22.9 Å². The van der Waals surface area contributed by atoms with E-state index in [2.05, 4.69) is 15.1 Å². The van der Waals surface area contributed by atoms with Gasteiger partial charge in [-0.2, -0.15) is 0 Å². The summed E-state index contributed by atoms with van der Waals surface area (Å²) in [6, 6.07) is 13.5. The smallest absolute Gasteiger partial charge is 0.407 e. The summed E-state index contributed by atoms with van der Waals surface area (Å²) in [5.74, 6) is 0. The van der Waals surface area contributed by atoms with Gasteiger partial charge >= 0.3 is 6.09 Å². The number of anilines is 1. The Hall–Kier alpha value is -2.71. The third kappa shape index (κ3) is 5.06. The predicted molar refractivity (Wildman–Crippen MR) is 119 cm³/mol. The van der Waals surface area contributed by atoms with E-state index in [1.54, 1.807) is 0 Å². The summed E-state index contributed by atoms with van der Waals surface area (Å²) in [4.78, 5) is 18.3. The fourth-order valence-electron chi connectivity index (χ4n) is 4.44. The average molecular weight is 424 g/mol. The van der Waals surface area contributed by atoms with E-state index < -0.39 is 0 Å². The Kier molecular flexibility index (Phi) is 6.44. The summed E-state index contributed by atoms with van der Waals surface area (Å²) in [6.07, 6.45) is 5.77. The Morgan fingerprint density at radius 2 is 2.03 bits per heavy atom. The summed E-state index contributed by atoms with van der Waals surface area (Å²) >= 11 is 6.17. The van der Waals surface area contributed by atoms with Crippen LogP contribution in [0.1, 0.15) is 43.2 Å². The van der Waals surface area contributed by atoms with Gasteiger partial charge < -0.3 is 15.0 Å². The molecular weight excluding hydrogens is 398 g/mol. The highest BCUT2D eigenvalue weighted by Crippen LogP contribution is 2.32. The molecule has 1 saturated carbocycles. The molecule has 2 aromatic rings. The van der Waals surface area contributed by atoms with E-state index in [0.29, 0.717) is 30.2 Å². The van der Waals surface area contributed by atoms with E-state index in [-0.39, 0.29) is 18.2 Å². The molecule has 30 heavy (non-hydrogen) atoms. The molecule has 5 nitrogen and oxygen atoms in total. The molecule has 1 fully saturated rings. The van der Waals surface area contributed by atoms with Crippen LogP contribution in [0.5, 0.6) is 0 Å². The number of nitrogens with one attached hydrogen (secondary N) is 1. The second-order valence-electron chi connectivity index (χ2n) is 8.15. The van der Waals surface area contributed by atoms with Crippen LogP contribution in [0, 0.1) is 6.57 Å². The van der Waals surface area contributed by atoms with Crippen molar-refractivity contribution in [3.8, 4) is 0 Å². The van der Waals surface area contributed by atoms with Gasteiger partial charge in [0.25, 0.3) is 0 Å². The maximum Gasteiger partial charge on any atom is 0.407 e. The molecule has 1 aliphatic heterocycles. The molecule has 1 amide bonds. The number of hydrogen-bond acceptors (Lipinski definition) is 3. The Balaban J connectivity index is 1.50. The summed E-state index contributed by atoms with van der Waals surface area (Å²) in [6.45, 7) is 8.69. The average Bonchev–Trinajstić information content (AvgIpc) is 2.74. The van der Waals surface area contributed by atoms with Crippen LogP contribution in [0.3, 0.4) is 0 Å². The van der Waals surface area contributed by atoms with Crippen LogP contribution in [-0.2, 0) is 17.7 Å². The molecule has 156 valence electrons. The number of carbonyl (C=O) groups excluding carboxylic acids is 1. The van der Waals surface area contributed by atoms with E-state index in [0.717, 1.165) is 42.5 Å². The third-order valence-corrected chi connectivity index (χ3v) is 6.09. The highest BCUT2D eigenvalue weighted by atomic mass is 35.5. The number of rotatable bonds is 4. The molecule has 1 atom stereocenters. The van der Waals surface area contributed by atoms with Crippen molar-refractivity contribution in [3.05, 3.63) is 70.0 Å². The van der Waals surface area contributed by atoms with Crippen LogP contribution in [0.4, 0.5) is 16.2 Å². The molecule has 2 aromatic carbocycles. The molecule has 1 N–H and O–H groups in total. The largest absolute Gasteiger partial charge is 0.446 e. The van der Waals surface area contributed by atoms with E-state index >= 15 is 0 Å². The van der Waals surface area contributed by atoms with Crippen LogP contribution in [0.15, 0.2) is 42.5 Å². The topological polar surface area (TPSA) is 45.9 Å². The van der Waals surface area contributed by atoms with E-state index in [1.807, 2.05) is 42.5 Å². The second-order valence-corrected chi connectivity index (χ2v) is 8.58. The number of ether oxygens (including phenoxy) is 1. The van der Waals surface area contributed by atoms with Gasteiger partial charge in [0.2, 0.25) is 0 Å².